The Morgan fingerprint density at radius 3 is 2.70 bits per heavy atom. The molecule has 0 fully saturated rings. The third kappa shape index (κ3) is 3.01. The molecular formula is C16H17N3O. The van der Waals surface area contributed by atoms with Gasteiger partial charge in [0, 0.05) is 19.7 Å². The Kier molecular flexibility index (Phi) is 4.11. The number of nitrogens with zero attached hydrogens (tertiary/aromatic N) is 2. The molecule has 2 aromatic rings. The smallest absolute Gasteiger partial charge is 0.121 e. The number of nitriles is 1. The van der Waals surface area contributed by atoms with Crippen molar-refractivity contribution in [3.05, 3.63) is 53.6 Å². The second-order valence-electron chi connectivity index (χ2n) is 4.59. The van der Waals surface area contributed by atoms with Crippen LogP contribution in [0.15, 0.2) is 42.5 Å². The first-order chi connectivity index (χ1) is 9.63. The number of hydrogen-bond acceptors (Lipinski definition) is 4. The van der Waals surface area contributed by atoms with E-state index in [9.17, 15) is 0 Å². The van der Waals surface area contributed by atoms with Crippen LogP contribution in [0.25, 0.3) is 0 Å². The average molecular weight is 267 g/mol. The van der Waals surface area contributed by atoms with Crippen molar-refractivity contribution < 1.29 is 4.74 Å². The number of rotatable bonds is 4. The minimum absolute atomic E-state index is 0.665. The van der Waals surface area contributed by atoms with Crippen LogP contribution in [-0.4, -0.2) is 14.2 Å². The number of hydrogen-bond donors (Lipinski definition) is 1. The summed E-state index contributed by atoms with van der Waals surface area (Å²) in [6.07, 6.45) is 0. The van der Waals surface area contributed by atoms with E-state index in [0.29, 0.717) is 17.8 Å². The molecule has 0 spiro atoms. The fraction of sp³-hybridized carbons (Fsp3) is 0.188. The molecule has 0 bridgehead atoms. The zero-order chi connectivity index (χ0) is 14.5. The fourth-order valence-corrected chi connectivity index (χ4v) is 2.11. The number of methoxy groups -OCH3 is 1. The van der Waals surface area contributed by atoms with Crippen molar-refractivity contribution in [3.8, 4) is 11.8 Å². The number of ether oxygens (including phenoxy) is 1. The van der Waals surface area contributed by atoms with Crippen LogP contribution in [0.4, 0.5) is 11.4 Å². The molecule has 2 aromatic carbocycles. The van der Waals surface area contributed by atoms with Gasteiger partial charge in [0.15, 0.2) is 0 Å². The van der Waals surface area contributed by atoms with E-state index in [4.69, 9.17) is 15.7 Å². The molecule has 102 valence electrons. The molecule has 0 aliphatic heterocycles. The van der Waals surface area contributed by atoms with Gasteiger partial charge in [0.2, 0.25) is 0 Å². The molecule has 0 aliphatic rings. The van der Waals surface area contributed by atoms with Gasteiger partial charge in [0.25, 0.3) is 0 Å². The van der Waals surface area contributed by atoms with Gasteiger partial charge in [-0.25, -0.2) is 0 Å². The van der Waals surface area contributed by atoms with Crippen LogP contribution in [0.2, 0.25) is 0 Å². The summed E-state index contributed by atoms with van der Waals surface area (Å²) < 4.78 is 5.14. The van der Waals surface area contributed by atoms with Gasteiger partial charge in [0.05, 0.1) is 30.1 Å². The van der Waals surface area contributed by atoms with Crippen LogP contribution in [-0.2, 0) is 6.54 Å². The summed E-state index contributed by atoms with van der Waals surface area (Å²) in [4.78, 5) is 2.05. The lowest BCUT2D eigenvalue weighted by molar-refractivity contribution is 0.415. The van der Waals surface area contributed by atoms with Gasteiger partial charge in [-0.15, -0.1) is 0 Å². The molecule has 20 heavy (non-hydrogen) atoms. The topological polar surface area (TPSA) is 62.3 Å². The number of nitrogens with two attached hydrogens (primary N) is 1. The van der Waals surface area contributed by atoms with Crippen molar-refractivity contribution >= 4 is 11.4 Å². The highest BCUT2D eigenvalue weighted by molar-refractivity contribution is 5.69. The number of benzene rings is 2. The van der Waals surface area contributed by atoms with E-state index < -0.39 is 0 Å². The summed E-state index contributed by atoms with van der Waals surface area (Å²) in [5.41, 5.74) is 9.38. The Labute approximate surface area is 119 Å². The molecular weight excluding hydrogens is 250 g/mol. The van der Waals surface area contributed by atoms with Crippen molar-refractivity contribution in [2.75, 3.05) is 24.8 Å². The van der Waals surface area contributed by atoms with Crippen LogP contribution in [0.1, 0.15) is 11.1 Å². The number of nitrogen functional groups attached to an aromatic ring is 1. The SMILES string of the molecule is COc1ccc(N(C)Cc2cccc(C#N)c2)c(N)c1. The second-order valence-corrected chi connectivity index (χ2v) is 4.59. The highest BCUT2D eigenvalue weighted by Crippen LogP contribution is 2.27. The maximum absolute atomic E-state index is 8.92. The quantitative estimate of drug-likeness (QED) is 0.865. The summed E-state index contributed by atoms with van der Waals surface area (Å²) in [6.45, 7) is 0.687. The van der Waals surface area contributed by atoms with E-state index in [-0.39, 0.29) is 0 Å². The lowest BCUT2D eigenvalue weighted by Crippen LogP contribution is -2.17. The van der Waals surface area contributed by atoms with E-state index >= 15 is 0 Å². The van der Waals surface area contributed by atoms with Gasteiger partial charge in [-0.2, -0.15) is 5.26 Å². The Morgan fingerprint density at radius 2 is 2.05 bits per heavy atom. The molecule has 0 amide bonds. The van der Waals surface area contributed by atoms with Crippen molar-refractivity contribution in [3.63, 3.8) is 0 Å². The van der Waals surface area contributed by atoms with Crippen molar-refractivity contribution in [2.45, 2.75) is 6.54 Å². The molecule has 0 saturated carbocycles. The average Bonchev–Trinajstić information content (AvgIpc) is 2.47. The van der Waals surface area contributed by atoms with Gasteiger partial charge in [-0.05, 0) is 29.8 Å². The van der Waals surface area contributed by atoms with Crippen LogP contribution >= 0.6 is 0 Å². The van der Waals surface area contributed by atoms with E-state index in [1.807, 2.05) is 42.3 Å². The largest absolute Gasteiger partial charge is 0.497 e. The van der Waals surface area contributed by atoms with Crippen LogP contribution in [0, 0.1) is 11.3 Å². The maximum atomic E-state index is 8.92. The Balaban J connectivity index is 2.19. The second kappa shape index (κ2) is 5.98. The highest BCUT2D eigenvalue weighted by atomic mass is 16.5. The maximum Gasteiger partial charge on any atom is 0.121 e. The minimum Gasteiger partial charge on any atom is -0.497 e. The minimum atomic E-state index is 0.665. The summed E-state index contributed by atoms with van der Waals surface area (Å²) in [7, 11) is 3.59. The van der Waals surface area contributed by atoms with E-state index in [0.717, 1.165) is 17.0 Å². The normalized spacial score (nSPS) is 9.85. The molecule has 4 nitrogen and oxygen atoms in total. The summed E-state index contributed by atoms with van der Waals surface area (Å²) in [5.74, 6) is 0.742. The van der Waals surface area contributed by atoms with E-state index in [1.54, 1.807) is 19.2 Å². The van der Waals surface area contributed by atoms with Gasteiger partial charge < -0.3 is 15.4 Å². The molecule has 4 heteroatoms. The predicted molar refractivity (Wildman–Crippen MR) is 80.7 cm³/mol. The van der Waals surface area contributed by atoms with Crippen LogP contribution in [0.5, 0.6) is 5.75 Å². The Morgan fingerprint density at radius 1 is 1.25 bits per heavy atom. The zero-order valence-corrected chi connectivity index (χ0v) is 11.6. The van der Waals surface area contributed by atoms with Gasteiger partial charge in [-0.3, -0.25) is 0 Å². The molecule has 0 atom stereocenters. The van der Waals surface area contributed by atoms with Crippen molar-refractivity contribution in [1.82, 2.24) is 0 Å². The predicted octanol–water partition coefficient (Wildman–Crippen LogP) is 2.79. The Bertz CT molecular complexity index is 646. The first kappa shape index (κ1) is 13.8. The Hall–Kier alpha value is -2.67. The molecule has 0 heterocycles. The molecule has 0 aromatic heterocycles. The lowest BCUT2D eigenvalue weighted by atomic mass is 10.1. The first-order valence-corrected chi connectivity index (χ1v) is 6.27. The molecule has 0 aliphatic carbocycles. The molecule has 0 unspecified atom stereocenters. The molecule has 2 N–H and O–H groups in total. The summed E-state index contributed by atoms with van der Waals surface area (Å²) in [6, 6.07) is 15.3. The van der Waals surface area contributed by atoms with E-state index in [1.165, 1.54) is 0 Å². The standard InChI is InChI=1S/C16H17N3O/c1-19(11-13-5-3-4-12(8-13)10-17)16-7-6-14(20-2)9-15(16)18/h3-9H,11,18H2,1-2H3. The van der Waals surface area contributed by atoms with Gasteiger partial charge >= 0.3 is 0 Å². The van der Waals surface area contributed by atoms with Gasteiger partial charge in [-0.1, -0.05) is 12.1 Å². The first-order valence-electron chi connectivity index (χ1n) is 6.27. The third-order valence-electron chi connectivity index (χ3n) is 3.12. The van der Waals surface area contributed by atoms with Crippen molar-refractivity contribution in [2.24, 2.45) is 0 Å². The third-order valence-corrected chi connectivity index (χ3v) is 3.12. The molecule has 0 radical (unpaired) electrons. The number of anilines is 2. The molecule has 2 rings (SSSR count). The van der Waals surface area contributed by atoms with Crippen LogP contribution in [0.3, 0.4) is 0 Å². The highest BCUT2D eigenvalue weighted by Gasteiger charge is 2.07. The van der Waals surface area contributed by atoms with Crippen LogP contribution < -0.4 is 15.4 Å². The van der Waals surface area contributed by atoms with E-state index in [2.05, 4.69) is 6.07 Å². The summed E-state index contributed by atoms with van der Waals surface area (Å²) >= 11 is 0. The fourth-order valence-electron chi connectivity index (χ4n) is 2.11. The zero-order valence-electron chi connectivity index (χ0n) is 11.6. The summed E-state index contributed by atoms with van der Waals surface area (Å²) in [5, 5.41) is 8.92. The van der Waals surface area contributed by atoms with Gasteiger partial charge in [0.1, 0.15) is 5.75 Å². The lowest BCUT2D eigenvalue weighted by Gasteiger charge is -2.21. The monoisotopic (exact) mass is 267 g/mol. The van der Waals surface area contributed by atoms with Crippen molar-refractivity contribution in [1.29, 1.82) is 5.26 Å². The molecule has 0 saturated heterocycles.